The fraction of sp³-hybridized carbons (Fsp3) is 0.923. The number of carbonyl (C=O) groups excluding carboxylic acids is 1. The van der Waals surface area contributed by atoms with E-state index in [4.69, 9.17) is 4.74 Å². The summed E-state index contributed by atoms with van der Waals surface area (Å²) in [5, 5.41) is 0. The molecule has 0 bridgehead atoms. The van der Waals surface area contributed by atoms with Crippen LogP contribution in [0, 0.1) is 16.7 Å². The van der Waals surface area contributed by atoms with Crippen molar-refractivity contribution < 1.29 is 9.53 Å². The van der Waals surface area contributed by atoms with Gasteiger partial charge >= 0.3 is 5.97 Å². The first-order valence-electron chi connectivity index (χ1n) is 5.82. The summed E-state index contributed by atoms with van der Waals surface area (Å²) in [6.45, 7) is 14.9. The predicted octanol–water partition coefficient (Wildman–Crippen LogP) is 3.65. The van der Waals surface area contributed by atoms with Gasteiger partial charge in [-0.05, 0) is 31.6 Å². The quantitative estimate of drug-likeness (QED) is 0.668. The van der Waals surface area contributed by atoms with Crippen LogP contribution < -0.4 is 0 Å². The molecule has 0 aromatic heterocycles. The molecule has 0 saturated heterocycles. The molecule has 0 rings (SSSR count). The molecule has 0 aromatic carbocycles. The van der Waals surface area contributed by atoms with Gasteiger partial charge < -0.3 is 4.74 Å². The van der Waals surface area contributed by atoms with Gasteiger partial charge in [0.25, 0.3) is 0 Å². The van der Waals surface area contributed by atoms with Crippen LogP contribution in [0.25, 0.3) is 0 Å². The second-order valence-corrected chi connectivity index (χ2v) is 5.90. The molecule has 0 aliphatic rings. The van der Waals surface area contributed by atoms with Crippen molar-refractivity contribution in [2.45, 2.75) is 54.9 Å². The smallest absolute Gasteiger partial charge is 0.312 e. The Hall–Kier alpha value is -0.530. The van der Waals surface area contributed by atoms with Gasteiger partial charge in [0.2, 0.25) is 0 Å². The molecule has 1 unspecified atom stereocenters. The van der Waals surface area contributed by atoms with Gasteiger partial charge in [0.1, 0.15) is 0 Å². The molecule has 0 aromatic rings. The van der Waals surface area contributed by atoms with Gasteiger partial charge in [-0.15, -0.1) is 0 Å². The van der Waals surface area contributed by atoms with Gasteiger partial charge in [-0.2, -0.15) is 0 Å². The van der Waals surface area contributed by atoms with Crippen molar-refractivity contribution in [1.82, 2.24) is 0 Å². The SMILES string of the molecule is CCOC(=O)C(C)(CC(C)C)C(C)(C)C. The summed E-state index contributed by atoms with van der Waals surface area (Å²) in [5.41, 5.74) is -0.458. The lowest BCUT2D eigenvalue weighted by Gasteiger charge is -2.40. The van der Waals surface area contributed by atoms with Crippen molar-refractivity contribution >= 4 is 5.97 Å². The fourth-order valence-corrected chi connectivity index (χ4v) is 1.80. The average Bonchev–Trinajstić information content (AvgIpc) is 2.01. The van der Waals surface area contributed by atoms with E-state index >= 15 is 0 Å². The Morgan fingerprint density at radius 1 is 1.20 bits per heavy atom. The highest BCUT2D eigenvalue weighted by molar-refractivity contribution is 5.77. The zero-order valence-corrected chi connectivity index (χ0v) is 11.3. The fourth-order valence-electron chi connectivity index (χ4n) is 1.80. The summed E-state index contributed by atoms with van der Waals surface area (Å²) in [4.78, 5) is 12.0. The van der Waals surface area contributed by atoms with E-state index in [0.717, 1.165) is 6.42 Å². The maximum absolute atomic E-state index is 12.0. The monoisotopic (exact) mass is 214 g/mol. The molecule has 0 amide bonds. The number of hydrogen-bond donors (Lipinski definition) is 0. The molecule has 0 spiro atoms. The Labute approximate surface area is 94.4 Å². The summed E-state index contributed by atoms with van der Waals surface area (Å²) in [6, 6.07) is 0. The highest BCUT2D eigenvalue weighted by Crippen LogP contribution is 2.44. The molecule has 90 valence electrons. The third-order valence-corrected chi connectivity index (χ3v) is 3.20. The van der Waals surface area contributed by atoms with Crippen LogP contribution in [0.1, 0.15) is 54.9 Å². The van der Waals surface area contributed by atoms with Gasteiger partial charge in [0.15, 0.2) is 0 Å². The van der Waals surface area contributed by atoms with E-state index in [2.05, 4.69) is 34.6 Å². The Kier molecular flexibility index (Phi) is 4.82. The molecule has 15 heavy (non-hydrogen) atoms. The maximum Gasteiger partial charge on any atom is 0.312 e. The van der Waals surface area contributed by atoms with Gasteiger partial charge in [0, 0.05) is 0 Å². The number of carbonyl (C=O) groups is 1. The van der Waals surface area contributed by atoms with Crippen LogP contribution in [0.4, 0.5) is 0 Å². The third kappa shape index (κ3) is 3.51. The van der Waals surface area contributed by atoms with Crippen molar-refractivity contribution in [3.63, 3.8) is 0 Å². The molecule has 0 fully saturated rings. The van der Waals surface area contributed by atoms with Gasteiger partial charge in [-0.25, -0.2) is 0 Å². The minimum absolute atomic E-state index is 0.0637. The van der Waals surface area contributed by atoms with Crippen LogP contribution in [0.3, 0.4) is 0 Å². The summed E-state index contributed by atoms with van der Waals surface area (Å²) in [7, 11) is 0. The lowest BCUT2D eigenvalue weighted by atomic mass is 9.64. The van der Waals surface area contributed by atoms with Crippen LogP contribution in [-0.4, -0.2) is 12.6 Å². The molecule has 0 saturated carbocycles. The van der Waals surface area contributed by atoms with E-state index in [1.54, 1.807) is 0 Å². The summed E-state index contributed by atoms with van der Waals surface area (Å²) >= 11 is 0. The lowest BCUT2D eigenvalue weighted by molar-refractivity contribution is -0.162. The van der Waals surface area contributed by atoms with Crippen molar-refractivity contribution in [3.05, 3.63) is 0 Å². The standard InChI is InChI=1S/C13H26O2/c1-8-15-11(14)13(7,9-10(2)3)12(4,5)6/h10H,8-9H2,1-7H3. The predicted molar refractivity (Wildman–Crippen MR) is 63.7 cm³/mol. The number of ether oxygens (including phenoxy) is 1. The van der Waals surface area contributed by atoms with Crippen LogP contribution in [0.2, 0.25) is 0 Å². The van der Waals surface area contributed by atoms with Crippen LogP contribution in [-0.2, 0) is 9.53 Å². The van der Waals surface area contributed by atoms with E-state index in [9.17, 15) is 4.79 Å². The Bertz CT molecular complexity index is 213. The lowest BCUT2D eigenvalue weighted by Crippen LogP contribution is -2.42. The summed E-state index contributed by atoms with van der Waals surface area (Å²) in [5.74, 6) is 0.435. The minimum Gasteiger partial charge on any atom is -0.466 e. The molecule has 0 heterocycles. The van der Waals surface area contributed by atoms with E-state index in [1.165, 1.54) is 0 Å². The van der Waals surface area contributed by atoms with Gasteiger partial charge in [-0.3, -0.25) is 4.79 Å². The third-order valence-electron chi connectivity index (χ3n) is 3.20. The highest BCUT2D eigenvalue weighted by atomic mass is 16.5. The normalized spacial score (nSPS) is 16.3. The highest BCUT2D eigenvalue weighted by Gasteiger charge is 2.45. The van der Waals surface area contributed by atoms with Gasteiger partial charge in [-0.1, -0.05) is 34.6 Å². The molecule has 0 radical (unpaired) electrons. The number of hydrogen-bond acceptors (Lipinski definition) is 2. The minimum atomic E-state index is -0.392. The Morgan fingerprint density at radius 3 is 1.93 bits per heavy atom. The molecule has 2 nitrogen and oxygen atoms in total. The second kappa shape index (κ2) is 5.00. The molecule has 1 atom stereocenters. The molecule has 2 heteroatoms. The molecular formula is C13H26O2. The van der Waals surface area contributed by atoms with Gasteiger partial charge in [0.05, 0.1) is 12.0 Å². The van der Waals surface area contributed by atoms with E-state index in [1.807, 2.05) is 13.8 Å². The van der Waals surface area contributed by atoms with E-state index in [0.29, 0.717) is 12.5 Å². The number of rotatable bonds is 4. The first-order chi connectivity index (χ1) is 6.65. The Morgan fingerprint density at radius 2 is 1.67 bits per heavy atom. The van der Waals surface area contributed by atoms with Crippen LogP contribution >= 0.6 is 0 Å². The average molecular weight is 214 g/mol. The Balaban J connectivity index is 4.94. The maximum atomic E-state index is 12.0. The topological polar surface area (TPSA) is 26.3 Å². The largest absolute Gasteiger partial charge is 0.466 e. The van der Waals surface area contributed by atoms with Crippen molar-refractivity contribution in [3.8, 4) is 0 Å². The molecule has 0 N–H and O–H groups in total. The summed E-state index contributed by atoms with van der Waals surface area (Å²) < 4.78 is 5.20. The summed E-state index contributed by atoms with van der Waals surface area (Å²) in [6.07, 6.45) is 0.870. The van der Waals surface area contributed by atoms with Crippen molar-refractivity contribution in [1.29, 1.82) is 0 Å². The first kappa shape index (κ1) is 14.5. The van der Waals surface area contributed by atoms with Crippen molar-refractivity contribution in [2.24, 2.45) is 16.7 Å². The van der Waals surface area contributed by atoms with Crippen LogP contribution in [0.5, 0.6) is 0 Å². The van der Waals surface area contributed by atoms with Crippen LogP contribution in [0.15, 0.2) is 0 Å². The molecular weight excluding hydrogens is 188 g/mol. The molecule has 0 aliphatic carbocycles. The molecule has 0 aliphatic heterocycles. The number of esters is 1. The zero-order chi connectivity index (χ0) is 12.3. The first-order valence-corrected chi connectivity index (χ1v) is 5.82. The zero-order valence-electron chi connectivity index (χ0n) is 11.3. The van der Waals surface area contributed by atoms with E-state index in [-0.39, 0.29) is 11.4 Å². The second-order valence-electron chi connectivity index (χ2n) is 5.90. The van der Waals surface area contributed by atoms with Crippen molar-refractivity contribution in [2.75, 3.05) is 6.61 Å². The van der Waals surface area contributed by atoms with E-state index < -0.39 is 5.41 Å².